The monoisotopic (exact) mass is 332 g/mol. The van der Waals surface area contributed by atoms with Crippen LogP contribution in [0.1, 0.15) is 0 Å². The number of nitrogens with two attached hydrogens (primary N) is 3. The van der Waals surface area contributed by atoms with Crippen molar-refractivity contribution in [3.63, 3.8) is 0 Å². The quantitative estimate of drug-likeness (QED) is 0.475. The second kappa shape index (κ2) is 5.28. The van der Waals surface area contributed by atoms with Gasteiger partial charge in [-0.1, -0.05) is 0 Å². The van der Waals surface area contributed by atoms with Gasteiger partial charge in [0, 0.05) is 0 Å². The van der Waals surface area contributed by atoms with Crippen LogP contribution in [0.25, 0.3) is 22.3 Å². The molecule has 0 aliphatic carbocycles. The molecule has 2 aromatic carbocycles. The van der Waals surface area contributed by atoms with E-state index >= 15 is 0 Å². The molecule has 23 heavy (non-hydrogen) atoms. The maximum Gasteiger partial charge on any atom is 0.173 e. The summed E-state index contributed by atoms with van der Waals surface area (Å²) in [5.74, 6) is -13.1. The van der Waals surface area contributed by atoms with Gasteiger partial charge in [0.25, 0.3) is 0 Å². The molecule has 0 amide bonds. The molecule has 0 radical (unpaired) electrons. The van der Waals surface area contributed by atoms with Gasteiger partial charge in [-0.25, -0.2) is 26.3 Å². The SMILES string of the molecule is N#C/C(N)=c1\c(F)c(F)c2c(F)c(=C(N)N)c(F)c(F)c2c1F. The Balaban J connectivity index is 3.42. The second-order valence-electron chi connectivity index (χ2n) is 4.36. The molecule has 0 saturated heterocycles. The molecule has 10 heteroatoms. The van der Waals surface area contributed by atoms with Crippen molar-refractivity contribution in [3.05, 3.63) is 45.3 Å². The number of nitriles is 1. The van der Waals surface area contributed by atoms with Gasteiger partial charge in [-0.05, 0) is 0 Å². The van der Waals surface area contributed by atoms with Gasteiger partial charge in [0.05, 0.1) is 21.2 Å². The molecule has 4 nitrogen and oxygen atoms in total. The molecule has 0 aliphatic heterocycles. The predicted octanol–water partition coefficient (Wildman–Crippen LogP) is 0.248. The molecule has 0 atom stereocenters. The maximum atomic E-state index is 14.2. The Bertz CT molecular complexity index is 1020. The number of hydrogen-bond donors (Lipinski definition) is 3. The van der Waals surface area contributed by atoms with Crippen LogP contribution >= 0.6 is 0 Å². The topological polar surface area (TPSA) is 102 Å². The lowest BCUT2D eigenvalue weighted by Gasteiger charge is -2.09. The Morgan fingerprint density at radius 2 is 1.04 bits per heavy atom. The summed E-state index contributed by atoms with van der Waals surface area (Å²) in [7, 11) is 0. The van der Waals surface area contributed by atoms with E-state index in [1.54, 1.807) is 0 Å². The summed E-state index contributed by atoms with van der Waals surface area (Å²) in [5.41, 5.74) is 13.8. The van der Waals surface area contributed by atoms with Gasteiger partial charge < -0.3 is 17.2 Å². The van der Waals surface area contributed by atoms with E-state index in [4.69, 9.17) is 22.5 Å². The van der Waals surface area contributed by atoms with Crippen LogP contribution in [-0.4, -0.2) is 0 Å². The highest BCUT2D eigenvalue weighted by Crippen LogP contribution is 2.26. The molecule has 0 bridgehead atoms. The van der Waals surface area contributed by atoms with E-state index in [1.807, 2.05) is 0 Å². The fraction of sp³-hybridized carbons (Fsp3) is 0. The number of halogens is 6. The molecule has 0 heterocycles. The van der Waals surface area contributed by atoms with Crippen LogP contribution < -0.4 is 27.6 Å². The zero-order chi connectivity index (χ0) is 17.6. The Morgan fingerprint density at radius 1 is 0.652 bits per heavy atom. The first-order valence-electron chi connectivity index (χ1n) is 5.72. The molecule has 0 aliphatic rings. The third-order valence-corrected chi connectivity index (χ3v) is 3.07. The van der Waals surface area contributed by atoms with Crippen LogP contribution in [0.3, 0.4) is 0 Å². The van der Waals surface area contributed by atoms with Crippen LogP contribution in [0, 0.1) is 46.2 Å². The van der Waals surface area contributed by atoms with Gasteiger partial charge in [-0.15, -0.1) is 0 Å². The largest absolute Gasteiger partial charge is 0.390 e. The summed E-state index contributed by atoms with van der Waals surface area (Å²) < 4.78 is 84.0. The number of benzene rings is 2. The van der Waals surface area contributed by atoms with Crippen molar-refractivity contribution in [1.29, 1.82) is 5.26 Å². The highest BCUT2D eigenvalue weighted by atomic mass is 19.2. The lowest BCUT2D eigenvalue weighted by atomic mass is 10.0. The summed E-state index contributed by atoms with van der Waals surface area (Å²) in [4.78, 5) is 0. The van der Waals surface area contributed by atoms with Crippen LogP contribution in [0.15, 0.2) is 0 Å². The predicted molar refractivity (Wildman–Crippen MR) is 67.9 cm³/mol. The summed E-state index contributed by atoms with van der Waals surface area (Å²) in [6, 6.07) is 1.13. The van der Waals surface area contributed by atoms with Crippen LogP contribution in [-0.2, 0) is 0 Å². The van der Waals surface area contributed by atoms with Gasteiger partial charge in [-0.2, -0.15) is 5.26 Å². The minimum atomic E-state index is -2.08. The minimum absolute atomic E-state index is 1.06. The van der Waals surface area contributed by atoms with Gasteiger partial charge >= 0.3 is 0 Å². The Labute approximate surface area is 123 Å². The lowest BCUT2D eigenvalue weighted by Crippen LogP contribution is -2.30. The Hall–Kier alpha value is -3.09. The normalized spacial score (nSPS) is 12.2. The van der Waals surface area contributed by atoms with E-state index in [-0.39, 0.29) is 0 Å². The van der Waals surface area contributed by atoms with Crippen molar-refractivity contribution in [2.24, 2.45) is 17.2 Å². The standard InChI is InChI=1S/C13H6F6N4/c14-7-3(2(21)1-20)9(16)10(17)5-4(7)11(18)12(19)6(8(5)15)13(22)23/h21-23H2/b3-2+. The van der Waals surface area contributed by atoms with Crippen molar-refractivity contribution in [2.45, 2.75) is 0 Å². The summed E-state index contributed by atoms with van der Waals surface area (Å²) in [6.45, 7) is 0. The first-order chi connectivity index (χ1) is 10.6. The Morgan fingerprint density at radius 3 is 1.43 bits per heavy atom. The third kappa shape index (κ3) is 2.09. The summed E-state index contributed by atoms with van der Waals surface area (Å²) in [6.07, 6.45) is 0. The van der Waals surface area contributed by atoms with Gasteiger partial charge in [0.1, 0.15) is 29.2 Å². The number of hydrogen-bond acceptors (Lipinski definition) is 4. The van der Waals surface area contributed by atoms with Crippen molar-refractivity contribution < 1.29 is 26.3 Å². The van der Waals surface area contributed by atoms with Crippen molar-refractivity contribution in [1.82, 2.24) is 0 Å². The molecule has 0 saturated carbocycles. The first kappa shape index (κ1) is 16.3. The molecule has 0 spiro atoms. The van der Waals surface area contributed by atoms with Gasteiger partial charge in [0.2, 0.25) is 0 Å². The summed E-state index contributed by atoms with van der Waals surface area (Å²) >= 11 is 0. The van der Waals surface area contributed by atoms with E-state index in [0.29, 0.717) is 0 Å². The molecule has 6 N–H and O–H groups in total. The van der Waals surface area contributed by atoms with E-state index in [2.05, 4.69) is 0 Å². The molecule has 0 fully saturated rings. The smallest absolute Gasteiger partial charge is 0.173 e. The van der Waals surface area contributed by atoms with Crippen molar-refractivity contribution in [3.8, 4) is 6.07 Å². The maximum absolute atomic E-state index is 14.2. The van der Waals surface area contributed by atoms with Crippen molar-refractivity contribution >= 4 is 22.3 Å². The zero-order valence-electron chi connectivity index (χ0n) is 10.9. The van der Waals surface area contributed by atoms with E-state index in [1.165, 1.54) is 0 Å². The van der Waals surface area contributed by atoms with Gasteiger partial charge in [0.15, 0.2) is 23.3 Å². The number of fused-ring (bicyclic) bond motifs is 1. The molecule has 0 aromatic heterocycles. The molecular weight excluding hydrogens is 326 g/mol. The average molecular weight is 332 g/mol. The van der Waals surface area contributed by atoms with E-state index in [0.717, 1.165) is 6.07 Å². The number of rotatable bonds is 0. The van der Waals surface area contributed by atoms with Gasteiger partial charge in [-0.3, -0.25) is 0 Å². The van der Waals surface area contributed by atoms with Crippen LogP contribution in [0.5, 0.6) is 0 Å². The molecule has 120 valence electrons. The first-order valence-corrected chi connectivity index (χ1v) is 5.72. The third-order valence-electron chi connectivity index (χ3n) is 3.07. The molecule has 2 aromatic rings. The Kier molecular flexibility index (Phi) is 3.73. The number of nitrogens with zero attached hydrogens (tertiary/aromatic N) is 1. The van der Waals surface area contributed by atoms with E-state index in [9.17, 15) is 26.3 Å². The highest BCUT2D eigenvalue weighted by molar-refractivity contribution is 5.86. The molecule has 0 unspecified atom stereocenters. The molecular formula is C13H6F6N4. The van der Waals surface area contributed by atoms with E-state index < -0.39 is 67.6 Å². The lowest BCUT2D eigenvalue weighted by molar-refractivity contribution is 0.470. The van der Waals surface area contributed by atoms with Crippen molar-refractivity contribution in [2.75, 3.05) is 0 Å². The average Bonchev–Trinajstić information content (AvgIpc) is 2.48. The highest BCUT2D eigenvalue weighted by Gasteiger charge is 2.27. The molecule has 2 rings (SSSR count). The summed E-state index contributed by atoms with van der Waals surface area (Å²) in [5, 5.41) is 2.65. The van der Waals surface area contributed by atoms with Crippen LogP contribution in [0.2, 0.25) is 0 Å². The second-order valence-corrected chi connectivity index (χ2v) is 4.36. The zero-order valence-corrected chi connectivity index (χ0v) is 10.9. The fourth-order valence-electron chi connectivity index (χ4n) is 2.06. The van der Waals surface area contributed by atoms with Crippen LogP contribution in [0.4, 0.5) is 26.3 Å². The fourth-order valence-corrected chi connectivity index (χ4v) is 2.06. The minimum Gasteiger partial charge on any atom is -0.390 e.